The summed E-state index contributed by atoms with van der Waals surface area (Å²) in [5, 5.41) is 5.82. The number of amides is 1. The summed E-state index contributed by atoms with van der Waals surface area (Å²) in [5.74, 6) is 1.19. The largest absolute Gasteiger partial charge is 0.493 e. The van der Waals surface area contributed by atoms with Crippen LogP contribution < -0.4 is 24.4 Å². The second-order valence-corrected chi connectivity index (χ2v) is 8.96. The summed E-state index contributed by atoms with van der Waals surface area (Å²) in [6.45, 7) is 4.02. The number of fused-ring (bicyclic) bond motifs is 1. The Morgan fingerprint density at radius 1 is 0.872 bits per heavy atom. The molecule has 0 heterocycles. The average molecular weight is 527 g/mol. The van der Waals surface area contributed by atoms with Gasteiger partial charge in [0.05, 0.1) is 26.0 Å². The van der Waals surface area contributed by atoms with E-state index < -0.39 is 11.9 Å². The summed E-state index contributed by atoms with van der Waals surface area (Å²) in [4.78, 5) is 25.3. The normalized spacial score (nSPS) is 11.0. The number of ether oxygens (including phenoxy) is 4. The van der Waals surface area contributed by atoms with Gasteiger partial charge in [0.1, 0.15) is 11.5 Å². The van der Waals surface area contributed by atoms with Gasteiger partial charge in [0.25, 0.3) is 5.91 Å². The number of methoxy groups -OCH3 is 2. The molecule has 0 aromatic heterocycles. The third-order valence-corrected chi connectivity index (χ3v) is 6.05. The van der Waals surface area contributed by atoms with E-state index in [9.17, 15) is 9.59 Å². The van der Waals surface area contributed by atoms with E-state index in [0.717, 1.165) is 10.8 Å². The average Bonchev–Trinajstić information content (AvgIpc) is 2.96. The van der Waals surface area contributed by atoms with Crippen molar-refractivity contribution in [1.82, 2.24) is 5.43 Å². The van der Waals surface area contributed by atoms with Gasteiger partial charge in [0.2, 0.25) is 0 Å². The fourth-order valence-corrected chi connectivity index (χ4v) is 3.92. The maximum Gasteiger partial charge on any atom is 0.343 e. The lowest BCUT2D eigenvalue weighted by molar-refractivity contribution is -0.123. The minimum Gasteiger partial charge on any atom is -0.493 e. The Hall–Kier alpha value is -4.85. The molecule has 0 unspecified atom stereocenters. The number of benzene rings is 4. The molecule has 0 atom stereocenters. The molecule has 4 aromatic rings. The third kappa shape index (κ3) is 6.73. The molecule has 39 heavy (non-hydrogen) atoms. The molecule has 0 radical (unpaired) electrons. The number of hydrogen-bond acceptors (Lipinski definition) is 7. The number of carbonyl (C=O) groups is 2. The van der Waals surface area contributed by atoms with E-state index in [1.165, 1.54) is 26.0 Å². The van der Waals surface area contributed by atoms with Gasteiger partial charge in [-0.2, -0.15) is 5.10 Å². The van der Waals surface area contributed by atoms with Crippen molar-refractivity contribution in [3.8, 4) is 23.0 Å². The Morgan fingerprint density at radius 3 is 2.31 bits per heavy atom. The summed E-state index contributed by atoms with van der Waals surface area (Å²) in [6, 6.07) is 23.5. The summed E-state index contributed by atoms with van der Waals surface area (Å²) in [6.07, 6.45) is 1.45. The molecule has 0 aliphatic carbocycles. The molecular weight excluding hydrogens is 496 g/mol. The van der Waals surface area contributed by atoms with Crippen LogP contribution in [0.3, 0.4) is 0 Å². The Balaban J connectivity index is 1.49. The first-order chi connectivity index (χ1) is 18.9. The minimum absolute atomic E-state index is 0.199. The number of nitrogens with one attached hydrogen (secondary N) is 1. The van der Waals surface area contributed by atoms with Gasteiger partial charge in [-0.25, -0.2) is 10.2 Å². The summed E-state index contributed by atoms with van der Waals surface area (Å²) < 4.78 is 21.8. The van der Waals surface area contributed by atoms with Crippen molar-refractivity contribution in [1.29, 1.82) is 0 Å². The van der Waals surface area contributed by atoms with Crippen LogP contribution in [0.2, 0.25) is 0 Å². The Labute approximate surface area is 227 Å². The molecule has 4 aromatic carbocycles. The van der Waals surface area contributed by atoms with Gasteiger partial charge < -0.3 is 18.9 Å². The summed E-state index contributed by atoms with van der Waals surface area (Å²) >= 11 is 0. The lowest BCUT2D eigenvalue weighted by atomic mass is 10.0. The first-order valence-electron chi connectivity index (χ1n) is 12.4. The standard InChI is InChI=1S/C31H30N2O6/c1-20(2)21-9-13-24(14-10-21)38-19-30(34)33-32-18-26-25-8-6-5-7-22(25)11-15-27(26)39-31(35)23-12-16-28(36-3)29(17-23)37-4/h5-18,20H,19H2,1-4H3,(H,33,34)/b32-18-. The van der Waals surface area contributed by atoms with Gasteiger partial charge >= 0.3 is 5.97 Å². The number of hydrazone groups is 1. The first-order valence-corrected chi connectivity index (χ1v) is 12.4. The molecule has 1 N–H and O–H groups in total. The van der Waals surface area contributed by atoms with E-state index in [2.05, 4.69) is 24.4 Å². The lowest BCUT2D eigenvalue weighted by Gasteiger charge is -2.12. The highest BCUT2D eigenvalue weighted by Crippen LogP contribution is 2.30. The first kappa shape index (κ1) is 27.2. The van der Waals surface area contributed by atoms with E-state index >= 15 is 0 Å². The molecule has 0 aliphatic heterocycles. The zero-order valence-electron chi connectivity index (χ0n) is 22.3. The summed E-state index contributed by atoms with van der Waals surface area (Å²) in [5.41, 5.74) is 4.48. The molecule has 200 valence electrons. The topological polar surface area (TPSA) is 95.5 Å². The maximum atomic E-state index is 13.0. The van der Waals surface area contributed by atoms with Crippen LogP contribution >= 0.6 is 0 Å². The zero-order chi connectivity index (χ0) is 27.8. The molecule has 1 amide bonds. The van der Waals surface area contributed by atoms with E-state index in [0.29, 0.717) is 28.7 Å². The highest BCUT2D eigenvalue weighted by atomic mass is 16.5. The maximum absolute atomic E-state index is 13.0. The predicted octanol–water partition coefficient (Wildman–Crippen LogP) is 5.73. The molecule has 0 bridgehead atoms. The number of nitrogens with zero attached hydrogens (tertiary/aromatic N) is 1. The fraction of sp³-hybridized carbons (Fsp3) is 0.194. The second-order valence-electron chi connectivity index (χ2n) is 8.96. The molecule has 8 nitrogen and oxygen atoms in total. The van der Waals surface area contributed by atoms with Gasteiger partial charge in [0.15, 0.2) is 18.1 Å². The Kier molecular flexibility index (Phi) is 8.78. The van der Waals surface area contributed by atoms with Gasteiger partial charge in [-0.05, 0) is 58.7 Å². The van der Waals surface area contributed by atoms with Crippen molar-refractivity contribution in [3.05, 3.63) is 95.6 Å². The second kappa shape index (κ2) is 12.6. The van der Waals surface area contributed by atoms with Gasteiger partial charge in [0, 0.05) is 5.56 Å². The molecule has 8 heteroatoms. The van der Waals surface area contributed by atoms with Crippen LogP contribution in [-0.4, -0.2) is 38.9 Å². The molecule has 0 saturated carbocycles. The third-order valence-electron chi connectivity index (χ3n) is 6.05. The van der Waals surface area contributed by atoms with Gasteiger partial charge in [-0.1, -0.05) is 56.3 Å². The molecule has 0 saturated heterocycles. The number of carbonyl (C=O) groups excluding carboxylic acids is 2. The Bertz CT molecular complexity index is 1500. The molecule has 0 spiro atoms. The van der Waals surface area contributed by atoms with E-state index in [1.54, 1.807) is 24.3 Å². The molecule has 0 fully saturated rings. The van der Waals surface area contributed by atoms with E-state index in [4.69, 9.17) is 18.9 Å². The minimum atomic E-state index is -0.582. The quantitative estimate of drug-likeness (QED) is 0.123. The highest BCUT2D eigenvalue weighted by Gasteiger charge is 2.16. The van der Waals surface area contributed by atoms with Crippen LogP contribution in [0.1, 0.15) is 41.3 Å². The van der Waals surface area contributed by atoms with Crippen molar-refractivity contribution in [2.45, 2.75) is 19.8 Å². The van der Waals surface area contributed by atoms with E-state index in [1.807, 2.05) is 54.6 Å². The molecule has 4 rings (SSSR count). The van der Waals surface area contributed by atoms with Crippen LogP contribution in [0.4, 0.5) is 0 Å². The molecule has 0 aliphatic rings. The number of esters is 1. The fourth-order valence-electron chi connectivity index (χ4n) is 3.92. The lowest BCUT2D eigenvalue weighted by Crippen LogP contribution is -2.24. The zero-order valence-corrected chi connectivity index (χ0v) is 22.3. The van der Waals surface area contributed by atoms with Crippen LogP contribution in [0, 0.1) is 0 Å². The van der Waals surface area contributed by atoms with Gasteiger partial charge in [-0.3, -0.25) is 4.79 Å². The van der Waals surface area contributed by atoms with Crippen LogP contribution in [0.5, 0.6) is 23.0 Å². The number of hydrogen-bond donors (Lipinski definition) is 1. The SMILES string of the molecule is COc1ccc(C(=O)Oc2ccc3ccccc3c2/C=N\NC(=O)COc2ccc(C(C)C)cc2)cc1OC. The number of rotatable bonds is 10. The van der Waals surface area contributed by atoms with Crippen molar-refractivity contribution >= 4 is 28.9 Å². The summed E-state index contributed by atoms with van der Waals surface area (Å²) in [7, 11) is 3.01. The Morgan fingerprint density at radius 2 is 1.59 bits per heavy atom. The monoisotopic (exact) mass is 526 g/mol. The van der Waals surface area contributed by atoms with Crippen molar-refractivity contribution in [2.24, 2.45) is 5.10 Å². The van der Waals surface area contributed by atoms with Crippen LogP contribution in [0.25, 0.3) is 10.8 Å². The van der Waals surface area contributed by atoms with Crippen molar-refractivity contribution in [2.75, 3.05) is 20.8 Å². The van der Waals surface area contributed by atoms with Crippen LogP contribution in [-0.2, 0) is 4.79 Å². The van der Waals surface area contributed by atoms with Crippen LogP contribution in [0.15, 0.2) is 84.0 Å². The van der Waals surface area contributed by atoms with Crippen molar-refractivity contribution in [3.63, 3.8) is 0 Å². The van der Waals surface area contributed by atoms with E-state index in [-0.39, 0.29) is 17.9 Å². The smallest absolute Gasteiger partial charge is 0.343 e. The van der Waals surface area contributed by atoms with Crippen molar-refractivity contribution < 1.29 is 28.5 Å². The molecular formula is C31H30N2O6. The van der Waals surface area contributed by atoms with Gasteiger partial charge in [-0.15, -0.1) is 0 Å². The highest BCUT2D eigenvalue weighted by molar-refractivity contribution is 6.04. The predicted molar refractivity (Wildman–Crippen MR) is 150 cm³/mol.